The number of nitro groups is 1. The maximum absolute atomic E-state index is 13.3. The highest BCUT2D eigenvalue weighted by Gasteiger charge is 2.38. The summed E-state index contributed by atoms with van der Waals surface area (Å²) < 4.78 is 40.0. The van der Waals surface area contributed by atoms with Crippen LogP contribution in [0.2, 0.25) is 0 Å². The smallest absolute Gasteiger partial charge is 0.382 e. The van der Waals surface area contributed by atoms with E-state index < -0.39 is 22.4 Å². The van der Waals surface area contributed by atoms with Crippen molar-refractivity contribution in [2.45, 2.75) is 32.0 Å². The molecule has 3 aromatic rings. The van der Waals surface area contributed by atoms with Crippen LogP contribution in [0.5, 0.6) is 0 Å². The summed E-state index contributed by atoms with van der Waals surface area (Å²) in [6.07, 6.45) is -2.13. The second-order valence-corrected chi connectivity index (χ2v) is 10.4. The first-order valence-electron chi connectivity index (χ1n) is 13.5. The van der Waals surface area contributed by atoms with Crippen molar-refractivity contribution >= 4 is 28.8 Å². The van der Waals surface area contributed by atoms with Gasteiger partial charge in [0.2, 0.25) is 0 Å². The van der Waals surface area contributed by atoms with Crippen LogP contribution < -0.4 is 15.1 Å². The Balaban J connectivity index is 1.16. The lowest BCUT2D eigenvalue weighted by Gasteiger charge is -2.37. The Morgan fingerprint density at radius 2 is 1.61 bits per heavy atom. The van der Waals surface area contributed by atoms with Crippen molar-refractivity contribution in [1.29, 1.82) is 0 Å². The topological polar surface area (TPSA) is 94.8 Å². The van der Waals surface area contributed by atoms with Gasteiger partial charge in [-0.1, -0.05) is 17.7 Å². The summed E-state index contributed by atoms with van der Waals surface area (Å²) >= 11 is 0. The summed E-state index contributed by atoms with van der Waals surface area (Å²) in [5.74, 6) is 0.648. The summed E-state index contributed by atoms with van der Waals surface area (Å²) in [5.41, 5.74) is 0.863. The fraction of sp³-hybridized carbons (Fsp3) is 0.379. The number of amides is 1. The fourth-order valence-corrected chi connectivity index (χ4v) is 5.33. The first-order valence-corrected chi connectivity index (χ1v) is 13.5. The summed E-state index contributed by atoms with van der Waals surface area (Å²) in [5, 5.41) is 14.1. The maximum Gasteiger partial charge on any atom is 0.423 e. The van der Waals surface area contributed by atoms with Crippen molar-refractivity contribution in [2.24, 2.45) is 0 Å². The monoisotopic (exact) mass is 568 g/mol. The lowest BCUT2D eigenvalue weighted by atomic mass is 10.0. The van der Waals surface area contributed by atoms with E-state index in [2.05, 4.69) is 51.3 Å². The number of piperidine rings is 1. The number of likely N-dealkylation sites (tertiary alicyclic amines) is 1. The van der Waals surface area contributed by atoms with E-state index in [1.165, 1.54) is 17.3 Å². The zero-order chi connectivity index (χ0) is 29.1. The Morgan fingerprint density at radius 1 is 0.951 bits per heavy atom. The van der Waals surface area contributed by atoms with Gasteiger partial charge in [0.05, 0.1) is 4.92 Å². The lowest BCUT2D eigenvalue weighted by molar-refractivity contribution is -0.388. The van der Waals surface area contributed by atoms with Gasteiger partial charge in [0.1, 0.15) is 11.4 Å². The van der Waals surface area contributed by atoms with E-state index in [-0.39, 0.29) is 17.6 Å². The van der Waals surface area contributed by atoms with Crippen molar-refractivity contribution in [3.8, 4) is 0 Å². The number of hydrogen-bond acceptors (Lipinski definition) is 7. The number of nitro benzene ring substituents is 1. The number of aryl methyl sites for hydroxylation is 1. The average Bonchev–Trinajstić information content (AvgIpc) is 2.97. The van der Waals surface area contributed by atoms with Crippen molar-refractivity contribution in [3.63, 3.8) is 0 Å². The highest BCUT2D eigenvalue weighted by molar-refractivity contribution is 5.95. The highest BCUT2D eigenvalue weighted by Crippen LogP contribution is 2.38. The largest absolute Gasteiger partial charge is 0.423 e. The Kier molecular flexibility index (Phi) is 8.00. The van der Waals surface area contributed by atoms with Gasteiger partial charge < -0.3 is 20.0 Å². The molecule has 2 saturated heterocycles. The summed E-state index contributed by atoms with van der Waals surface area (Å²) in [4.78, 5) is 34.0. The Labute approximate surface area is 235 Å². The molecule has 2 fully saturated rings. The molecule has 41 heavy (non-hydrogen) atoms. The third-order valence-electron chi connectivity index (χ3n) is 7.65. The molecule has 1 aromatic heterocycles. The number of hydrogen-bond donors (Lipinski definition) is 1. The minimum atomic E-state index is -4.84. The van der Waals surface area contributed by atoms with Crippen LogP contribution in [0.4, 0.5) is 36.1 Å². The number of carbonyl (C=O) groups excluding carboxylic acids is 1. The molecule has 0 spiro atoms. The van der Waals surface area contributed by atoms with E-state index in [9.17, 15) is 28.1 Å². The molecule has 216 valence electrons. The minimum absolute atomic E-state index is 0.111. The van der Waals surface area contributed by atoms with Crippen LogP contribution in [0.3, 0.4) is 0 Å². The van der Waals surface area contributed by atoms with E-state index in [4.69, 9.17) is 0 Å². The van der Waals surface area contributed by atoms with Gasteiger partial charge in [-0.2, -0.15) is 13.2 Å². The van der Waals surface area contributed by atoms with Crippen molar-refractivity contribution in [2.75, 3.05) is 54.4 Å². The van der Waals surface area contributed by atoms with E-state index in [1.54, 1.807) is 17.2 Å². The molecule has 0 aliphatic carbocycles. The molecule has 2 aliphatic rings. The molecule has 0 saturated carbocycles. The summed E-state index contributed by atoms with van der Waals surface area (Å²) in [6.45, 7) is 6.21. The molecule has 1 N–H and O–H groups in total. The zero-order valence-corrected chi connectivity index (χ0v) is 22.6. The molecule has 9 nitrogen and oxygen atoms in total. The number of benzene rings is 2. The predicted octanol–water partition coefficient (Wildman–Crippen LogP) is 5.36. The van der Waals surface area contributed by atoms with Crippen molar-refractivity contribution < 1.29 is 22.9 Å². The summed E-state index contributed by atoms with van der Waals surface area (Å²) in [6, 6.07) is 14.8. The van der Waals surface area contributed by atoms with Crippen LogP contribution in [0.1, 0.15) is 34.3 Å². The van der Waals surface area contributed by atoms with Crippen LogP contribution in [0, 0.1) is 17.0 Å². The zero-order valence-electron chi connectivity index (χ0n) is 22.6. The van der Waals surface area contributed by atoms with Gasteiger partial charge in [-0.05, 0) is 56.2 Å². The van der Waals surface area contributed by atoms with E-state index in [1.807, 2.05) is 6.07 Å². The molecule has 0 radical (unpaired) electrons. The standard InChI is InChI=1S/C29H31F3N6O3/c1-20-2-5-24(6-3-20)35-14-16-36(17-15-35)27-18-21(8-11-33-27)28(39)37-12-9-22(10-13-37)34-23-4-7-26(38(40)41)25(19-23)29(30,31)32/h2-8,11,18-19,22,34H,9-10,12-17H2,1H3. The number of halogens is 3. The average molecular weight is 569 g/mol. The lowest BCUT2D eigenvalue weighted by Crippen LogP contribution is -2.47. The first kappa shape index (κ1) is 28.2. The van der Waals surface area contributed by atoms with Gasteiger partial charge in [-0.15, -0.1) is 0 Å². The minimum Gasteiger partial charge on any atom is -0.382 e. The molecule has 0 bridgehead atoms. The molecule has 1 amide bonds. The Bertz CT molecular complexity index is 1400. The van der Waals surface area contributed by atoms with Crippen LogP contribution in [-0.4, -0.2) is 66.0 Å². The molecule has 5 rings (SSSR count). The predicted molar refractivity (Wildman–Crippen MR) is 150 cm³/mol. The van der Waals surface area contributed by atoms with Gasteiger partial charge in [-0.25, -0.2) is 4.98 Å². The number of alkyl halides is 3. The van der Waals surface area contributed by atoms with Crippen LogP contribution >= 0.6 is 0 Å². The number of nitrogens with one attached hydrogen (secondary N) is 1. The second kappa shape index (κ2) is 11.6. The van der Waals surface area contributed by atoms with E-state index >= 15 is 0 Å². The number of piperazine rings is 1. The number of nitrogens with zero attached hydrogens (tertiary/aromatic N) is 5. The Hall–Kier alpha value is -4.35. The Morgan fingerprint density at radius 3 is 2.24 bits per heavy atom. The number of anilines is 3. The van der Waals surface area contributed by atoms with Crippen LogP contribution in [-0.2, 0) is 6.18 Å². The quantitative estimate of drug-likeness (QED) is 0.316. The second-order valence-electron chi connectivity index (χ2n) is 10.4. The number of aromatic nitrogens is 1. The molecule has 12 heteroatoms. The number of rotatable bonds is 6. The van der Waals surface area contributed by atoms with Gasteiger partial charge in [-0.3, -0.25) is 14.9 Å². The highest BCUT2D eigenvalue weighted by atomic mass is 19.4. The van der Waals surface area contributed by atoms with E-state index in [0.717, 1.165) is 44.1 Å². The molecular formula is C29H31F3N6O3. The van der Waals surface area contributed by atoms with E-state index in [0.29, 0.717) is 31.5 Å². The molecular weight excluding hydrogens is 537 g/mol. The SMILES string of the molecule is Cc1ccc(N2CCN(c3cc(C(=O)N4CCC(Nc5ccc([N+](=O)[O-])c(C(F)(F)F)c5)CC4)ccn3)CC2)cc1. The third-order valence-corrected chi connectivity index (χ3v) is 7.65. The molecule has 2 aromatic carbocycles. The maximum atomic E-state index is 13.3. The molecule has 3 heterocycles. The van der Waals surface area contributed by atoms with Crippen molar-refractivity contribution in [1.82, 2.24) is 9.88 Å². The fourth-order valence-electron chi connectivity index (χ4n) is 5.33. The normalized spacial score (nSPS) is 16.5. The molecule has 0 unspecified atom stereocenters. The van der Waals surface area contributed by atoms with Gasteiger partial charge in [0, 0.05) is 74.5 Å². The molecule has 0 atom stereocenters. The molecule has 2 aliphatic heterocycles. The van der Waals surface area contributed by atoms with Gasteiger partial charge in [0.15, 0.2) is 0 Å². The van der Waals surface area contributed by atoms with Crippen molar-refractivity contribution in [3.05, 3.63) is 87.6 Å². The third kappa shape index (κ3) is 6.53. The van der Waals surface area contributed by atoms with Gasteiger partial charge >= 0.3 is 6.18 Å². The number of pyridine rings is 1. The van der Waals surface area contributed by atoms with Crippen LogP contribution in [0.25, 0.3) is 0 Å². The van der Waals surface area contributed by atoms with Crippen LogP contribution in [0.15, 0.2) is 60.8 Å². The first-order chi connectivity index (χ1) is 19.6. The summed E-state index contributed by atoms with van der Waals surface area (Å²) in [7, 11) is 0. The number of carbonyl (C=O) groups is 1. The van der Waals surface area contributed by atoms with Gasteiger partial charge in [0.25, 0.3) is 11.6 Å².